The molecule has 23 heavy (non-hydrogen) atoms. The summed E-state index contributed by atoms with van der Waals surface area (Å²) in [4.78, 5) is 25.0. The zero-order valence-electron chi connectivity index (χ0n) is 12.1. The summed E-state index contributed by atoms with van der Waals surface area (Å²) < 4.78 is 5.23. The van der Waals surface area contributed by atoms with Crippen LogP contribution in [0.2, 0.25) is 5.02 Å². The van der Waals surface area contributed by atoms with Gasteiger partial charge in [-0.05, 0) is 29.8 Å². The number of ether oxygens (including phenoxy) is 1. The van der Waals surface area contributed by atoms with Crippen molar-refractivity contribution in [2.24, 2.45) is 0 Å². The second-order valence-electron chi connectivity index (χ2n) is 5.08. The van der Waals surface area contributed by atoms with Crippen LogP contribution in [0, 0.1) is 0 Å². The molecule has 118 valence electrons. The average Bonchev–Trinajstić information content (AvgIpc) is 2.55. The Morgan fingerprint density at radius 3 is 2.70 bits per heavy atom. The number of fused-ring (bicyclic) bond motifs is 1. The van der Waals surface area contributed by atoms with E-state index < -0.39 is 11.2 Å². The summed E-state index contributed by atoms with van der Waals surface area (Å²) in [5.41, 5.74) is 1.64. The molecule has 2 aromatic carbocycles. The zero-order chi connectivity index (χ0) is 16.2. The molecule has 0 aliphatic carbocycles. The molecule has 1 heterocycles. The van der Waals surface area contributed by atoms with Crippen LogP contribution < -0.4 is 5.32 Å². The number of carbonyl (C=O) groups is 2. The van der Waals surface area contributed by atoms with E-state index in [0.717, 1.165) is 16.1 Å². The highest BCUT2D eigenvalue weighted by atomic mass is 35.5. The predicted octanol–water partition coefficient (Wildman–Crippen LogP) is 3.89. The Balaban J connectivity index is 1.56. The smallest absolute Gasteiger partial charge is 0.307 e. The number of para-hydroxylation sites is 1. The first kappa shape index (κ1) is 15.9. The van der Waals surface area contributed by atoms with Crippen LogP contribution in [-0.4, -0.2) is 17.1 Å². The summed E-state index contributed by atoms with van der Waals surface area (Å²) in [6.45, 7) is 0.172. The summed E-state index contributed by atoms with van der Waals surface area (Å²) in [7, 11) is 0. The Labute approximate surface area is 143 Å². The Morgan fingerprint density at radius 1 is 1.17 bits per heavy atom. The lowest BCUT2D eigenvalue weighted by molar-refractivity contribution is -0.145. The summed E-state index contributed by atoms with van der Waals surface area (Å²) >= 11 is 7.19. The molecular formula is C17H14ClNO3S. The number of hydrogen-bond acceptors (Lipinski definition) is 4. The maximum Gasteiger partial charge on any atom is 0.307 e. The number of esters is 1. The summed E-state index contributed by atoms with van der Waals surface area (Å²) in [6.07, 6.45) is 0.0401. The number of thioether (sulfide) groups is 1. The van der Waals surface area contributed by atoms with E-state index in [1.165, 1.54) is 11.8 Å². The topological polar surface area (TPSA) is 55.4 Å². The zero-order valence-corrected chi connectivity index (χ0v) is 13.7. The molecule has 0 aromatic heterocycles. The van der Waals surface area contributed by atoms with Gasteiger partial charge in [0.1, 0.15) is 6.61 Å². The van der Waals surface area contributed by atoms with E-state index in [-0.39, 0.29) is 18.9 Å². The summed E-state index contributed by atoms with van der Waals surface area (Å²) in [5, 5.41) is 2.98. The fraction of sp³-hybridized carbons (Fsp3) is 0.176. The maximum absolute atomic E-state index is 12.0. The lowest BCUT2D eigenvalue weighted by Gasteiger charge is -2.23. The molecule has 0 spiro atoms. The fourth-order valence-corrected chi connectivity index (χ4v) is 3.40. The van der Waals surface area contributed by atoms with Gasteiger partial charge in [0, 0.05) is 9.92 Å². The number of hydrogen-bond donors (Lipinski definition) is 1. The van der Waals surface area contributed by atoms with Crippen molar-refractivity contribution in [3.63, 3.8) is 0 Å². The van der Waals surface area contributed by atoms with E-state index in [2.05, 4.69) is 5.32 Å². The molecule has 1 aliphatic rings. The number of anilines is 1. The van der Waals surface area contributed by atoms with Gasteiger partial charge in [0.25, 0.3) is 0 Å². The quantitative estimate of drug-likeness (QED) is 0.852. The van der Waals surface area contributed by atoms with Gasteiger partial charge in [-0.25, -0.2) is 0 Å². The van der Waals surface area contributed by atoms with Gasteiger partial charge in [0.2, 0.25) is 5.91 Å². The molecule has 6 heteroatoms. The third-order valence-corrected chi connectivity index (χ3v) is 4.90. The largest absolute Gasteiger partial charge is 0.461 e. The molecule has 1 atom stereocenters. The van der Waals surface area contributed by atoms with Gasteiger partial charge in [-0.3, -0.25) is 9.59 Å². The number of nitrogens with one attached hydrogen (secondary N) is 1. The third-order valence-electron chi connectivity index (χ3n) is 3.37. The molecule has 2 aromatic rings. The molecule has 0 radical (unpaired) electrons. The molecule has 0 unspecified atom stereocenters. The van der Waals surface area contributed by atoms with Crippen molar-refractivity contribution in [2.75, 3.05) is 5.32 Å². The van der Waals surface area contributed by atoms with Crippen molar-refractivity contribution in [3.05, 3.63) is 59.1 Å². The number of benzene rings is 2. The molecule has 0 saturated carbocycles. The molecule has 3 rings (SSSR count). The minimum absolute atomic E-state index is 0.0401. The van der Waals surface area contributed by atoms with Crippen molar-refractivity contribution < 1.29 is 14.3 Å². The van der Waals surface area contributed by atoms with Crippen LogP contribution in [0.25, 0.3) is 0 Å². The van der Waals surface area contributed by atoms with Crippen molar-refractivity contribution in [1.82, 2.24) is 0 Å². The number of amides is 1. The normalized spacial score (nSPS) is 16.4. The molecule has 1 amide bonds. The first-order chi connectivity index (χ1) is 11.1. The van der Waals surface area contributed by atoms with Gasteiger partial charge in [0.05, 0.1) is 17.4 Å². The lowest BCUT2D eigenvalue weighted by atomic mass is 10.2. The number of carbonyl (C=O) groups excluding carboxylic acids is 2. The van der Waals surface area contributed by atoms with Crippen LogP contribution in [0.5, 0.6) is 0 Å². The Bertz CT molecular complexity index is 733. The van der Waals surface area contributed by atoms with Crippen LogP contribution in [0.4, 0.5) is 5.69 Å². The fourth-order valence-electron chi connectivity index (χ4n) is 2.18. The minimum Gasteiger partial charge on any atom is -0.461 e. The monoisotopic (exact) mass is 347 g/mol. The Morgan fingerprint density at radius 2 is 1.91 bits per heavy atom. The molecule has 0 saturated heterocycles. The van der Waals surface area contributed by atoms with E-state index in [1.807, 2.05) is 24.3 Å². The van der Waals surface area contributed by atoms with Crippen molar-refractivity contribution >= 4 is 40.9 Å². The van der Waals surface area contributed by atoms with Gasteiger partial charge in [-0.1, -0.05) is 35.9 Å². The highest BCUT2D eigenvalue weighted by molar-refractivity contribution is 8.01. The lowest BCUT2D eigenvalue weighted by Crippen LogP contribution is -2.31. The van der Waals surface area contributed by atoms with Gasteiger partial charge >= 0.3 is 5.97 Å². The standard InChI is InChI=1S/C17H14ClNO3S/c18-12-7-5-11(6-8-12)10-22-16(20)9-15-17(21)19-13-3-1-2-4-14(13)23-15/h1-8,15H,9-10H2,(H,19,21)/t15-/m1/s1. The van der Waals surface area contributed by atoms with E-state index in [1.54, 1.807) is 24.3 Å². The van der Waals surface area contributed by atoms with Crippen molar-refractivity contribution in [2.45, 2.75) is 23.2 Å². The second kappa shape index (κ2) is 7.06. The second-order valence-corrected chi connectivity index (χ2v) is 6.76. The van der Waals surface area contributed by atoms with Gasteiger partial charge in [-0.15, -0.1) is 11.8 Å². The maximum atomic E-state index is 12.0. The highest BCUT2D eigenvalue weighted by Crippen LogP contribution is 2.36. The first-order valence-corrected chi connectivity index (χ1v) is 8.34. The Hall–Kier alpha value is -1.98. The molecule has 1 N–H and O–H groups in total. The van der Waals surface area contributed by atoms with Crippen LogP contribution >= 0.6 is 23.4 Å². The Kier molecular flexibility index (Phi) is 4.88. The van der Waals surface area contributed by atoms with Crippen LogP contribution in [0.1, 0.15) is 12.0 Å². The molecule has 4 nitrogen and oxygen atoms in total. The molecule has 1 aliphatic heterocycles. The van der Waals surface area contributed by atoms with Crippen molar-refractivity contribution in [1.29, 1.82) is 0 Å². The van der Waals surface area contributed by atoms with Gasteiger partial charge < -0.3 is 10.1 Å². The number of halogens is 1. The average molecular weight is 348 g/mol. The van der Waals surface area contributed by atoms with Gasteiger partial charge in [-0.2, -0.15) is 0 Å². The van der Waals surface area contributed by atoms with Crippen LogP contribution in [0.3, 0.4) is 0 Å². The summed E-state index contributed by atoms with van der Waals surface area (Å²) in [6, 6.07) is 14.6. The molecular weight excluding hydrogens is 334 g/mol. The van der Waals surface area contributed by atoms with Crippen LogP contribution in [0.15, 0.2) is 53.4 Å². The first-order valence-electron chi connectivity index (χ1n) is 7.08. The SMILES string of the molecule is O=C(C[C@H]1Sc2ccccc2NC1=O)OCc1ccc(Cl)cc1. The van der Waals surface area contributed by atoms with E-state index in [9.17, 15) is 9.59 Å². The minimum atomic E-state index is -0.470. The number of rotatable bonds is 4. The summed E-state index contributed by atoms with van der Waals surface area (Å²) in [5.74, 6) is -0.566. The third kappa shape index (κ3) is 4.06. The van der Waals surface area contributed by atoms with E-state index in [4.69, 9.17) is 16.3 Å². The predicted molar refractivity (Wildman–Crippen MR) is 90.6 cm³/mol. The van der Waals surface area contributed by atoms with Crippen LogP contribution in [-0.2, 0) is 20.9 Å². The van der Waals surface area contributed by atoms with E-state index in [0.29, 0.717) is 5.02 Å². The molecule has 0 fully saturated rings. The highest BCUT2D eigenvalue weighted by Gasteiger charge is 2.29. The van der Waals surface area contributed by atoms with Crippen molar-refractivity contribution in [3.8, 4) is 0 Å². The van der Waals surface area contributed by atoms with E-state index >= 15 is 0 Å². The van der Waals surface area contributed by atoms with Gasteiger partial charge in [0.15, 0.2) is 0 Å². The molecule has 0 bridgehead atoms.